The molecule has 0 amide bonds. The first-order chi connectivity index (χ1) is 17.9. The maximum absolute atomic E-state index is 13.4. The first kappa shape index (κ1) is 24.1. The van der Waals surface area contributed by atoms with Crippen molar-refractivity contribution in [3.63, 3.8) is 0 Å². The first-order valence-electron chi connectivity index (χ1n) is 11.4. The van der Waals surface area contributed by atoms with Crippen LogP contribution in [-0.4, -0.2) is 45.3 Å². The number of rotatable bonds is 6. The van der Waals surface area contributed by atoms with Gasteiger partial charge in [0.1, 0.15) is 11.5 Å². The van der Waals surface area contributed by atoms with Gasteiger partial charge in [-0.05, 0) is 48.0 Å². The van der Waals surface area contributed by atoms with E-state index in [0.29, 0.717) is 51.0 Å². The number of Topliss-reactive ketones (excluding diaryl/α,β-unsaturated/α-hetero) is 1. The third kappa shape index (κ3) is 3.98. The van der Waals surface area contributed by atoms with E-state index in [1.807, 2.05) is 0 Å². The molecular formula is C28H24O9. The highest BCUT2D eigenvalue weighted by atomic mass is 16.5. The number of carbonyl (C=O) groups excluding carboxylic acids is 2. The predicted octanol–water partition coefficient (Wildman–Crippen LogP) is 4.48. The molecule has 0 aromatic heterocycles. The van der Waals surface area contributed by atoms with Crippen molar-refractivity contribution in [2.24, 2.45) is 0 Å². The zero-order chi connectivity index (χ0) is 26.3. The lowest BCUT2D eigenvalue weighted by atomic mass is 9.84. The minimum absolute atomic E-state index is 0.0244. The van der Waals surface area contributed by atoms with Gasteiger partial charge in [0.2, 0.25) is 11.5 Å². The first-order valence-corrected chi connectivity index (χ1v) is 11.4. The molecule has 3 aromatic rings. The van der Waals surface area contributed by atoms with E-state index >= 15 is 0 Å². The quantitative estimate of drug-likeness (QED) is 0.295. The molecule has 9 heteroatoms. The Hall–Kier alpha value is -4.66. The molecule has 37 heavy (non-hydrogen) atoms. The van der Waals surface area contributed by atoms with E-state index in [1.165, 1.54) is 34.5 Å². The summed E-state index contributed by atoms with van der Waals surface area (Å²) in [4.78, 5) is 25.8. The fraction of sp³-hybridized carbons (Fsp3) is 0.214. The molecule has 190 valence electrons. The van der Waals surface area contributed by atoms with Crippen LogP contribution in [0.2, 0.25) is 0 Å². The van der Waals surface area contributed by atoms with Crippen LogP contribution in [0.3, 0.4) is 0 Å². The highest BCUT2D eigenvalue weighted by Crippen LogP contribution is 2.50. The van der Waals surface area contributed by atoms with Gasteiger partial charge in [-0.25, -0.2) is 0 Å². The van der Waals surface area contributed by atoms with Crippen LogP contribution in [-0.2, 0) is 4.79 Å². The third-order valence-electron chi connectivity index (χ3n) is 6.41. The molecule has 1 N–H and O–H groups in total. The SMILES string of the molecule is COc1cc([C@@H]2CC(=O)Oc3ccc4c(c32)O/C(=C\c2ccc(OC)c(OC)c2OC)C4=O)ccc1O. The van der Waals surface area contributed by atoms with E-state index in [0.717, 1.165) is 0 Å². The van der Waals surface area contributed by atoms with Gasteiger partial charge >= 0.3 is 5.97 Å². The zero-order valence-corrected chi connectivity index (χ0v) is 20.6. The minimum atomic E-state index is -0.483. The number of ether oxygens (including phenoxy) is 6. The van der Waals surface area contributed by atoms with Crippen LogP contribution >= 0.6 is 0 Å². The fourth-order valence-electron chi connectivity index (χ4n) is 4.68. The summed E-state index contributed by atoms with van der Waals surface area (Å²) in [6.07, 6.45) is 1.60. The normalized spacial score (nSPS) is 17.0. The summed E-state index contributed by atoms with van der Waals surface area (Å²) in [5, 5.41) is 10.0. The number of benzene rings is 3. The number of hydrogen-bond donors (Lipinski definition) is 1. The maximum Gasteiger partial charge on any atom is 0.312 e. The van der Waals surface area contributed by atoms with Gasteiger partial charge in [0.25, 0.3) is 0 Å². The Morgan fingerprint density at radius 1 is 0.865 bits per heavy atom. The standard InChI is InChI=1S/C28H24O9/c1-32-20-9-6-15(26(34-3)28(20)35-4)12-22-25(31)16-7-10-19-24(27(16)37-22)17(13-23(30)36-19)14-5-8-18(29)21(11-14)33-2/h5-12,17,29H,13H2,1-4H3/b22-12-/t17-/m0/s1. The Kier molecular flexibility index (Phi) is 6.12. The molecule has 0 saturated carbocycles. The molecule has 1 atom stereocenters. The number of phenolic OH excluding ortho intramolecular Hbond substituents is 1. The lowest BCUT2D eigenvalue weighted by molar-refractivity contribution is -0.135. The van der Waals surface area contributed by atoms with Crippen molar-refractivity contribution in [1.82, 2.24) is 0 Å². The van der Waals surface area contributed by atoms with Crippen molar-refractivity contribution in [3.05, 3.63) is 70.5 Å². The summed E-state index contributed by atoms with van der Waals surface area (Å²) in [5.74, 6) is 0.964. The molecule has 0 spiro atoms. The number of esters is 1. The van der Waals surface area contributed by atoms with Crippen molar-refractivity contribution in [2.45, 2.75) is 12.3 Å². The van der Waals surface area contributed by atoms with Crippen LogP contribution in [0.15, 0.2) is 48.2 Å². The summed E-state index contributed by atoms with van der Waals surface area (Å²) in [5.41, 5.74) is 2.17. The molecule has 5 rings (SSSR count). The van der Waals surface area contributed by atoms with E-state index in [9.17, 15) is 14.7 Å². The van der Waals surface area contributed by atoms with Crippen molar-refractivity contribution < 1.29 is 43.1 Å². The van der Waals surface area contributed by atoms with Crippen LogP contribution in [0.25, 0.3) is 6.08 Å². The van der Waals surface area contributed by atoms with Gasteiger partial charge in [0.05, 0.1) is 40.4 Å². The molecule has 0 fully saturated rings. The maximum atomic E-state index is 13.4. The molecular weight excluding hydrogens is 480 g/mol. The highest BCUT2D eigenvalue weighted by Gasteiger charge is 2.39. The second kappa shape index (κ2) is 9.42. The van der Waals surface area contributed by atoms with E-state index in [4.69, 9.17) is 28.4 Å². The molecule has 0 radical (unpaired) electrons. The lowest BCUT2D eigenvalue weighted by Gasteiger charge is -2.26. The summed E-state index contributed by atoms with van der Waals surface area (Å²) in [6.45, 7) is 0. The third-order valence-corrected chi connectivity index (χ3v) is 6.41. The minimum Gasteiger partial charge on any atom is -0.504 e. The summed E-state index contributed by atoms with van der Waals surface area (Å²) in [7, 11) is 5.95. The topological polar surface area (TPSA) is 110 Å². The van der Waals surface area contributed by atoms with Crippen LogP contribution < -0.4 is 28.4 Å². The second-order valence-electron chi connectivity index (χ2n) is 8.38. The average molecular weight is 504 g/mol. The van der Waals surface area contributed by atoms with Gasteiger partial charge < -0.3 is 33.5 Å². The second-order valence-corrected chi connectivity index (χ2v) is 8.38. The number of carbonyl (C=O) groups is 2. The molecule has 0 unspecified atom stereocenters. The Bertz CT molecular complexity index is 1450. The van der Waals surface area contributed by atoms with E-state index < -0.39 is 11.9 Å². The molecule has 2 aliphatic heterocycles. The largest absolute Gasteiger partial charge is 0.504 e. The molecule has 2 heterocycles. The van der Waals surface area contributed by atoms with E-state index in [1.54, 1.807) is 42.5 Å². The van der Waals surface area contributed by atoms with Crippen molar-refractivity contribution in [3.8, 4) is 40.2 Å². The van der Waals surface area contributed by atoms with Crippen LogP contribution in [0, 0.1) is 0 Å². The lowest BCUT2D eigenvalue weighted by Crippen LogP contribution is -2.21. The Balaban J connectivity index is 1.61. The van der Waals surface area contributed by atoms with Gasteiger partial charge in [-0.2, -0.15) is 0 Å². The predicted molar refractivity (Wildman–Crippen MR) is 132 cm³/mol. The number of methoxy groups -OCH3 is 4. The number of allylic oxidation sites excluding steroid dienone is 1. The van der Waals surface area contributed by atoms with Gasteiger partial charge in [-0.15, -0.1) is 0 Å². The monoisotopic (exact) mass is 504 g/mol. The van der Waals surface area contributed by atoms with Gasteiger partial charge in [-0.1, -0.05) is 6.07 Å². The Morgan fingerprint density at radius 3 is 2.32 bits per heavy atom. The van der Waals surface area contributed by atoms with Gasteiger partial charge in [0, 0.05) is 17.0 Å². The molecule has 0 bridgehead atoms. The molecule has 0 saturated heterocycles. The van der Waals surface area contributed by atoms with Gasteiger partial charge in [0.15, 0.2) is 28.8 Å². The number of hydrogen-bond acceptors (Lipinski definition) is 9. The number of aromatic hydroxyl groups is 1. The average Bonchev–Trinajstić information content (AvgIpc) is 3.22. The number of fused-ring (bicyclic) bond motifs is 3. The number of phenols is 1. The summed E-state index contributed by atoms with van der Waals surface area (Å²) in [6, 6.07) is 11.5. The van der Waals surface area contributed by atoms with Crippen LogP contribution in [0.4, 0.5) is 0 Å². The Labute approximate surface area is 212 Å². The van der Waals surface area contributed by atoms with Gasteiger partial charge in [-0.3, -0.25) is 9.59 Å². The van der Waals surface area contributed by atoms with Crippen LogP contribution in [0.5, 0.6) is 40.2 Å². The fourth-order valence-corrected chi connectivity index (χ4v) is 4.68. The smallest absolute Gasteiger partial charge is 0.312 e. The molecule has 2 aliphatic rings. The highest BCUT2D eigenvalue weighted by molar-refractivity contribution is 6.15. The molecule has 9 nitrogen and oxygen atoms in total. The van der Waals surface area contributed by atoms with E-state index in [-0.39, 0.29) is 29.5 Å². The molecule has 3 aromatic carbocycles. The molecule has 0 aliphatic carbocycles. The number of ketones is 1. The van der Waals surface area contributed by atoms with Crippen LogP contribution in [0.1, 0.15) is 39.4 Å². The van der Waals surface area contributed by atoms with Crippen molar-refractivity contribution in [1.29, 1.82) is 0 Å². The van der Waals surface area contributed by atoms with Crippen molar-refractivity contribution >= 4 is 17.8 Å². The van der Waals surface area contributed by atoms with Crippen molar-refractivity contribution in [2.75, 3.05) is 28.4 Å². The van der Waals surface area contributed by atoms with E-state index in [2.05, 4.69) is 0 Å². The summed E-state index contributed by atoms with van der Waals surface area (Å²) < 4.78 is 33.2. The summed E-state index contributed by atoms with van der Waals surface area (Å²) >= 11 is 0. The zero-order valence-electron chi connectivity index (χ0n) is 20.6. The Morgan fingerprint density at radius 2 is 1.62 bits per heavy atom.